The Balaban J connectivity index is 2.11. The van der Waals surface area contributed by atoms with Gasteiger partial charge >= 0.3 is 0 Å². The molecule has 0 heterocycles. The molecule has 0 bridgehead atoms. The third kappa shape index (κ3) is 6.89. The molecule has 1 atom stereocenters. The molecule has 0 saturated carbocycles. The van der Waals surface area contributed by atoms with Crippen LogP contribution in [-0.4, -0.2) is 29.4 Å². The number of benzene rings is 1. The Labute approximate surface area is 117 Å². The second kappa shape index (κ2) is 8.40. The zero-order valence-electron chi connectivity index (χ0n) is 10.4. The lowest BCUT2D eigenvalue weighted by molar-refractivity contribution is -0.121. The summed E-state index contributed by atoms with van der Waals surface area (Å²) in [6.45, 7) is 1.97. The van der Waals surface area contributed by atoms with Crippen molar-refractivity contribution in [3.8, 4) is 0 Å². The predicted molar refractivity (Wildman–Crippen MR) is 76.1 cm³/mol. The fraction of sp³-hybridized carbons (Fsp3) is 0.462. The highest BCUT2D eigenvalue weighted by atomic mass is 35.5. The van der Waals surface area contributed by atoms with Crippen LogP contribution in [0.2, 0.25) is 5.02 Å². The molecule has 2 N–H and O–H groups in total. The molecule has 0 fully saturated rings. The molecular weight excluding hydrogens is 270 g/mol. The zero-order valence-corrected chi connectivity index (χ0v) is 11.9. The number of carbonyl (C=O) groups is 1. The van der Waals surface area contributed by atoms with Crippen LogP contribution in [0.5, 0.6) is 0 Å². The van der Waals surface area contributed by atoms with Gasteiger partial charge in [-0.3, -0.25) is 4.79 Å². The largest absolute Gasteiger partial charge is 0.392 e. The van der Waals surface area contributed by atoms with Crippen molar-refractivity contribution < 1.29 is 9.90 Å². The molecule has 5 heteroatoms. The average Bonchev–Trinajstić information content (AvgIpc) is 2.34. The summed E-state index contributed by atoms with van der Waals surface area (Å²) in [6, 6.07) is 7.67. The van der Waals surface area contributed by atoms with Crippen molar-refractivity contribution in [3.63, 3.8) is 0 Å². The van der Waals surface area contributed by atoms with Crippen molar-refractivity contribution in [2.75, 3.05) is 12.3 Å². The monoisotopic (exact) mass is 287 g/mol. The lowest BCUT2D eigenvalue weighted by atomic mass is 10.3. The van der Waals surface area contributed by atoms with Gasteiger partial charge in [0.25, 0.3) is 0 Å². The van der Waals surface area contributed by atoms with E-state index in [0.29, 0.717) is 13.0 Å². The molecule has 1 aromatic rings. The molecule has 100 valence electrons. The van der Waals surface area contributed by atoms with Gasteiger partial charge in [-0.05, 0) is 43.4 Å². The topological polar surface area (TPSA) is 49.3 Å². The Kier molecular flexibility index (Phi) is 7.16. The predicted octanol–water partition coefficient (Wildman–Crippen LogP) is 2.71. The van der Waals surface area contributed by atoms with Crippen molar-refractivity contribution >= 4 is 29.3 Å². The van der Waals surface area contributed by atoms with E-state index >= 15 is 0 Å². The molecule has 0 aliphatic rings. The second-order valence-electron chi connectivity index (χ2n) is 4.06. The molecule has 3 nitrogen and oxygen atoms in total. The Bertz CT molecular complexity index is 368. The minimum atomic E-state index is -0.489. The zero-order chi connectivity index (χ0) is 13.4. The SMILES string of the molecule is C[C@H](O)CNC(=O)CCCSc1ccc(Cl)cc1. The molecule has 0 unspecified atom stereocenters. The van der Waals surface area contributed by atoms with Gasteiger partial charge in [0.15, 0.2) is 0 Å². The van der Waals surface area contributed by atoms with Crippen LogP contribution >= 0.6 is 23.4 Å². The normalized spacial score (nSPS) is 12.2. The smallest absolute Gasteiger partial charge is 0.220 e. The summed E-state index contributed by atoms with van der Waals surface area (Å²) in [5.41, 5.74) is 0. The highest BCUT2D eigenvalue weighted by molar-refractivity contribution is 7.99. The number of halogens is 1. The number of carbonyl (C=O) groups excluding carboxylic acids is 1. The maximum absolute atomic E-state index is 11.4. The van der Waals surface area contributed by atoms with Crippen molar-refractivity contribution in [1.29, 1.82) is 0 Å². The van der Waals surface area contributed by atoms with Crippen molar-refractivity contribution in [3.05, 3.63) is 29.3 Å². The fourth-order valence-electron chi connectivity index (χ4n) is 1.30. The van der Waals surface area contributed by atoms with E-state index in [4.69, 9.17) is 16.7 Å². The van der Waals surface area contributed by atoms with Gasteiger partial charge in [0.05, 0.1) is 6.10 Å². The summed E-state index contributed by atoms with van der Waals surface area (Å²) in [5, 5.41) is 12.4. The molecule has 0 aliphatic carbocycles. The second-order valence-corrected chi connectivity index (χ2v) is 5.66. The van der Waals surface area contributed by atoms with Gasteiger partial charge in [-0.25, -0.2) is 0 Å². The van der Waals surface area contributed by atoms with E-state index in [0.717, 1.165) is 22.1 Å². The molecule has 0 aliphatic heterocycles. The molecule has 0 spiro atoms. The van der Waals surface area contributed by atoms with Gasteiger partial charge < -0.3 is 10.4 Å². The van der Waals surface area contributed by atoms with Crippen LogP contribution in [0.1, 0.15) is 19.8 Å². The lowest BCUT2D eigenvalue weighted by Gasteiger charge is -2.06. The van der Waals surface area contributed by atoms with E-state index in [2.05, 4.69) is 5.32 Å². The van der Waals surface area contributed by atoms with Crippen LogP contribution in [-0.2, 0) is 4.79 Å². The van der Waals surface area contributed by atoms with Crippen molar-refractivity contribution in [2.24, 2.45) is 0 Å². The summed E-state index contributed by atoms with van der Waals surface area (Å²) in [4.78, 5) is 12.5. The molecule has 0 radical (unpaired) electrons. The minimum Gasteiger partial charge on any atom is -0.392 e. The maximum atomic E-state index is 11.4. The fourth-order valence-corrected chi connectivity index (χ4v) is 2.28. The lowest BCUT2D eigenvalue weighted by Crippen LogP contribution is -2.30. The molecule has 0 saturated heterocycles. The Morgan fingerprint density at radius 2 is 2.11 bits per heavy atom. The Morgan fingerprint density at radius 1 is 1.44 bits per heavy atom. The van der Waals surface area contributed by atoms with Gasteiger partial charge in [0.2, 0.25) is 5.91 Å². The van der Waals surface area contributed by atoms with Crippen LogP contribution in [0, 0.1) is 0 Å². The number of aliphatic hydroxyl groups is 1. The number of aliphatic hydroxyl groups excluding tert-OH is 1. The third-order valence-electron chi connectivity index (χ3n) is 2.23. The first-order valence-corrected chi connectivity index (χ1v) is 7.27. The Hall–Kier alpha value is -0.710. The highest BCUT2D eigenvalue weighted by Crippen LogP contribution is 2.21. The van der Waals surface area contributed by atoms with Gasteiger partial charge in [-0.15, -0.1) is 11.8 Å². The number of rotatable bonds is 7. The summed E-state index contributed by atoms with van der Waals surface area (Å²) in [6.07, 6.45) is 0.823. The first kappa shape index (κ1) is 15.3. The Morgan fingerprint density at radius 3 is 2.72 bits per heavy atom. The molecule has 1 amide bonds. The molecule has 18 heavy (non-hydrogen) atoms. The van der Waals surface area contributed by atoms with Gasteiger partial charge in [-0.1, -0.05) is 11.6 Å². The van der Waals surface area contributed by atoms with E-state index in [1.165, 1.54) is 0 Å². The highest BCUT2D eigenvalue weighted by Gasteiger charge is 2.03. The molecule has 0 aromatic heterocycles. The van der Waals surface area contributed by atoms with Crippen molar-refractivity contribution in [1.82, 2.24) is 5.32 Å². The first-order valence-electron chi connectivity index (χ1n) is 5.91. The summed E-state index contributed by atoms with van der Waals surface area (Å²) >= 11 is 7.50. The van der Waals surface area contributed by atoms with Crippen LogP contribution in [0.15, 0.2) is 29.2 Å². The summed E-state index contributed by atoms with van der Waals surface area (Å²) < 4.78 is 0. The number of nitrogens with one attached hydrogen (secondary N) is 1. The molecular formula is C13H18ClNO2S. The number of hydrogen-bond acceptors (Lipinski definition) is 3. The van der Waals surface area contributed by atoms with Crippen molar-refractivity contribution in [2.45, 2.75) is 30.8 Å². The number of thioether (sulfide) groups is 1. The quantitative estimate of drug-likeness (QED) is 0.599. The van der Waals surface area contributed by atoms with E-state index in [1.54, 1.807) is 18.7 Å². The van der Waals surface area contributed by atoms with Crippen LogP contribution in [0.4, 0.5) is 0 Å². The van der Waals surface area contributed by atoms with Crippen LogP contribution in [0.25, 0.3) is 0 Å². The number of hydrogen-bond donors (Lipinski definition) is 2. The molecule has 1 aromatic carbocycles. The van der Waals surface area contributed by atoms with Gasteiger partial charge in [0, 0.05) is 22.9 Å². The van der Waals surface area contributed by atoms with Gasteiger partial charge in [0.1, 0.15) is 0 Å². The molecule has 1 rings (SSSR count). The average molecular weight is 288 g/mol. The van der Waals surface area contributed by atoms with E-state index in [-0.39, 0.29) is 5.91 Å². The van der Waals surface area contributed by atoms with E-state index in [1.807, 2.05) is 24.3 Å². The first-order chi connectivity index (χ1) is 8.58. The van der Waals surface area contributed by atoms with E-state index in [9.17, 15) is 4.79 Å². The number of amides is 1. The minimum absolute atomic E-state index is 0.00685. The van der Waals surface area contributed by atoms with Crippen LogP contribution in [0.3, 0.4) is 0 Å². The van der Waals surface area contributed by atoms with Gasteiger partial charge in [-0.2, -0.15) is 0 Å². The standard InChI is InChI=1S/C13H18ClNO2S/c1-10(16)9-15-13(17)3-2-8-18-12-6-4-11(14)5-7-12/h4-7,10,16H,2-3,8-9H2,1H3,(H,15,17)/t10-/m0/s1. The maximum Gasteiger partial charge on any atom is 0.220 e. The third-order valence-corrected chi connectivity index (χ3v) is 3.58. The van der Waals surface area contributed by atoms with E-state index < -0.39 is 6.10 Å². The summed E-state index contributed by atoms with van der Waals surface area (Å²) in [7, 11) is 0. The van der Waals surface area contributed by atoms with Crippen LogP contribution < -0.4 is 5.32 Å². The summed E-state index contributed by atoms with van der Waals surface area (Å²) in [5.74, 6) is 0.886.